The monoisotopic (exact) mass is 480 g/mol. The maximum absolute atomic E-state index is 13.4. The second-order valence-corrected chi connectivity index (χ2v) is 10.3. The molecule has 8 heteroatoms. The van der Waals surface area contributed by atoms with Gasteiger partial charge in [0, 0.05) is 6.54 Å². The van der Waals surface area contributed by atoms with Crippen LogP contribution in [-0.4, -0.2) is 27.4 Å². The quantitative estimate of drug-likeness (QED) is 0.506. The van der Waals surface area contributed by atoms with E-state index >= 15 is 0 Å². The van der Waals surface area contributed by atoms with Gasteiger partial charge in [-0.2, -0.15) is 0 Å². The predicted molar refractivity (Wildman–Crippen MR) is 126 cm³/mol. The highest BCUT2D eigenvalue weighted by atomic mass is 35.5. The topological polar surface area (TPSA) is 66.5 Å². The van der Waals surface area contributed by atoms with Gasteiger partial charge in [0.15, 0.2) is 0 Å². The summed E-state index contributed by atoms with van der Waals surface area (Å²) in [6.07, 6.45) is 7.53. The predicted octanol–water partition coefficient (Wildman–Crippen LogP) is 5.50. The van der Waals surface area contributed by atoms with E-state index in [0.717, 1.165) is 29.1 Å². The van der Waals surface area contributed by atoms with Crippen molar-refractivity contribution in [1.29, 1.82) is 0 Å². The number of hydrogen-bond acceptors (Lipinski definition) is 3. The molecule has 0 heterocycles. The van der Waals surface area contributed by atoms with Crippen molar-refractivity contribution in [2.24, 2.45) is 0 Å². The Balaban J connectivity index is 1.82. The number of carbonyl (C=O) groups excluding carboxylic acids is 1. The molecule has 3 rings (SSSR count). The largest absolute Gasteiger partial charge is 0.354 e. The number of carbonyl (C=O) groups is 1. The molecule has 0 radical (unpaired) electrons. The Hall–Kier alpha value is -2.02. The summed E-state index contributed by atoms with van der Waals surface area (Å²) in [6, 6.07) is 11.2. The number of halogens is 2. The number of nitrogens with zero attached hydrogens (tertiary/aromatic N) is 1. The number of nitrogens with one attached hydrogen (secondary N) is 1. The fourth-order valence-corrected chi connectivity index (χ4v) is 5.38. The summed E-state index contributed by atoms with van der Waals surface area (Å²) >= 11 is 12.4. The third-order valence-corrected chi connectivity index (χ3v) is 7.83. The molecule has 0 spiro atoms. The van der Waals surface area contributed by atoms with Crippen molar-refractivity contribution in [3.63, 3.8) is 0 Å². The fraction of sp³-hybridized carbons (Fsp3) is 0.348. The minimum absolute atomic E-state index is 0.0781. The lowest BCUT2D eigenvalue weighted by atomic mass is 9.97. The first-order chi connectivity index (χ1) is 14.8. The number of amides is 1. The van der Waals surface area contributed by atoms with Gasteiger partial charge in [0.05, 0.1) is 20.6 Å². The molecule has 0 bridgehead atoms. The minimum atomic E-state index is -4.03. The molecular formula is C23H26Cl2N2O3S. The molecule has 1 aliphatic rings. The van der Waals surface area contributed by atoms with Crippen molar-refractivity contribution in [2.45, 2.75) is 43.9 Å². The number of hydrogen-bond donors (Lipinski definition) is 1. The maximum atomic E-state index is 13.4. The first-order valence-corrected chi connectivity index (χ1v) is 12.5. The minimum Gasteiger partial charge on any atom is -0.354 e. The maximum Gasteiger partial charge on any atom is 0.264 e. The summed E-state index contributed by atoms with van der Waals surface area (Å²) in [5, 5.41) is 3.13. The molecule has 2 aromatic carbocycles. The molecule has 31 heavy (non-hydrogen) atoms. The van der Waals surface area contributed by atoms with E-state index in [1.54, 1.807) is 30.3 Å². The Kier molecular flexibility index (Phi) is 8.03. The molecule has 0 aliphatic heterocycles. The zero-order valence-electron chi connectivity index (χ0n) is 17.4. The first-order valence-electron chi connectivity index (χ1n) is 10.3. The highest BCUT2D eigenvalue weighted by Crippen LogP contribution is 2.35. The highest BCUT2D eigenvalue weighted by molar-refractivity contribution is 7.92. The van der Waals surface area contributed by atoms with Gasteiger partial charge in [-0.3, -0.25) is 9.10 Å². The van der Waals surface area contributed by atoms with E-state index in [-0.39, 0.29) is 20.6 Å². The molecule has 5 nitrogen and oxygen atoms in total. The van der Waals surface area contributed by atoms with Crippen LogP contribution in [0.4, 0.5) is 5.69 Å². The van der Waals surface area contributed by atoms with E-state index in [1.807, 2.05) is 6.92 Å². The van der Waals surface area contributed by atoms with Gasteiger partial charge in [-0.25, -0.2) is 8.42 Å². The number of rotatable bonds is 8. The summed E-state index contributed by atoms with van der Waals surface area (Å²) in [6.45, 7) is 1.94. The molecule has 166 valence electrons. The molecule has 0 aromatic heterocycles. The van der Waals surface area contributed by atoms with E-state index in [0.29, 0.717) is 6.54 Å². The lowest BCUT2D eigenvalue weighted by Crippen LogP contribution is -2.41. The number of allylic oxidation sites excluding steroid dienone is 1. The molecule has 0 saturated heterocycles. The van der Waals surface area contributed by atoms with E-state index < -0.39 is 22.5 Å². The molecule has 0 saturated carbocycles. The van der Waals surface area contributed by atoms with Crippen LogP contribution in [0.15, 0.2) is 59.0 Å². The average molecular weight is 481 g/mol. The Morgan fingerprint density at radius 2 is 1.84 bits per heavy atom. The molecule has 0 fully saturated rings. The van der Waals surface area contributed by atoms with E-state index in [1.165, 1.54) is 30.5 Å². The number of anilines is 1. The van der Waals surface area contributed by atoms with Crippen LogP contribution in [0.25, 0.3) is 0 Å². The van der Waals surface area contributed by atoms with E-state index in [9.17, 15) is 13.2 Å². The van der Waals surface area contributed by atoms with Crippen LogP contribution in [0.2, 0.25) is 10.0 Å². The van der Waals surface area contributed by atoms with Gasteiger partial charge in [-0.05, 0) is 63.3 Å². The Labute approximate surface area is 194 Å². The van der Waals surface area contributed by atoms with Crippen LogP contribution in [0.1, 0.15) is 37.7 Å². The van der Waals surface area contributed by atoms with Crippen LogP contribution >= 0.6 is 23.2 Å². The Bertz CT molecular complexity index is 1070. The molecule has 1 amide bonds. The smallest absolute Gasteiger partial charge is 0.264 e. The van der Waals surface area contributed by atoms with Crippen LogP contribution in [0.3, 0.4) is 0 Å². The van der Waals surface area contributed by atoms with Crippen LogP contribution in [-0.2, 0) is 14.8 Å². The van der Waals surface area contributed by atoms with E-state index in [4.69, 9.17) is 23.2 Å². The zero-order chi connectivity index (χ0) is 22.4. The van der Waals surface area contributed by atoms with Gasteiger partial charge in [-0.15, -0.1) is 0 Å². The molecule has 0 atom stereocenters. The Morgan fingerprint density at radius 3 is 2.52 bits per heavy atom. The summed E-state index contributed by atoms with van der Waals surface area (Å²) < 4.78 is 27.8. The third-order valence-electron chi connectivity index (χ3n) is 5.25. The van der Waals surface area contributed by atoms with Crippen molar-refractivity contribution in [1.82, 2.24) is 5.32 Å². The highest BCUT2D eigenvalue weighted by Gasteiger charge is 2.29. The molecule has 1 N–H and O–H groups in total. The van der Waals surface area contributed by atoms with Gasteiger partial charge in [0.1, 0.15) is 6.54 Å². The summed E-state index contributed by atoms with van der Waals surface area (Å²) in [5.41, 5.74) is 2.44. The third kappa shape index (κ3) is 6.03. The number of aryl methyl sites for hydroxylation is 1. The van der Waals surface area contributed by atoms with Crippen molar-refractivity contribution >= 4 is 44.8 Å². The normalized spacial score (nSPS) is 14.1. The van der Waals surface area contributed by atoms with Gasteiger partial charge in [-0.1, -0.05) is 58.6 Å². The number of sulfonamides is 1. The lowest BCUT2D eigenvalue weighted by Gasteiger charge is -2.25. The standard InChI is InChI=1S/C23H26Cl2N2O3S/c1-17-10-12-19(13-11-17)31(29,30)27(21-9-5-8-20(24)23(21)25)16-22(28)26-15-14-18-6-3-2-4-7-18/h5-6,8-13H,2-4,7,14-16H2,1H3,(H,26,28). The molecule has 2 aromatic rings. The van der Waals surface area contributed by atoms with Crippen molar-refractivity contribution in [3.05, 3.63) is 69.7 Å². The fourth-order valence-electron chi connectivity index (χ4n) is 3.50. The SMILES string of the molecule is Cc1ccc(S(=O)(=O)N(CC(=O)NCCC2=CCCCC2)c2cccc(Cl)c2Cl)cc1. The van der Waals surface area contributed by atoms with Crippen LogP contribution in [0.5, 0.6) is 0 Å². The second-order valence-electron chi connectivity index (χ2n) is 7.61. The van der Waals surface area contributed by atoms with Crippen LogP contribution in [0, 0.1) is 6.92 Å². The van der Waals surface area contributed by atoms with Crippen molar-refractivity contribution in [2.75, 3.05) is 17.4 Å². The van der Waals surface area contributed by atoms with Gasteiger partial charge < -0.3 is 5.32 Å². The number of benzene rings is 2. The summed E-state index contributed by atoms with van der Waals surface area (Å²) in [5.74, 6) is -0.400. The Morgan fingerprint density at radius 1 is 1.10 bits per heavy atom. The lowest BCUT2D eigenvalue weighted by molar-refractivity contribution is -0.119. The van der Waals surface area contributed by atoms with Crippen molar-refractivity contribution in [3.8, 4) is 0 Å². The zero-order valence-corrected chi connectivity index (χ0v) is 19.7. The average Bonchev–Trinajstić information content (AvgIpc) is 2.75. The van der Waals surface area contributed by atoms with Gasteiger partial charge in [0.2, 0.25) is 5.91 Å². The molecular weight excluding hydrogens is 455 g/mol. The second kappa shape index (κ2) is 10.5. The first kappa shape index (κ1) is 23.6. The summed E-state index contributed by atoms with van der Waals surface area (Å²) in [4.78, 5) is 12.8. The van der Waals surface area contributed by atoms with Crippen LogP contribution < -0.4 is 9.62 Å². The van der Waals surface area contributed by atoms with Gasteiger partial charge >= 0.3 is 0 Å². The molecule has 1 aliphatic carbocycles. The molecule has 0 unspecified atom stereocenters. The summed E-state index contributed by atoms with van der Waals surface area (Å²) in [7, 11) is -4.03. The van der Waals surface area contributed by atoms with E-state index in [2.05, 4.69) is 11.4 Å². The van der Waals surface area contributed by atoms with Gasteiger partial charge in [0.25, 0.3) is 10.0 Å². The van der Waals surface area contributed by atoms with Crippen molar-refractivity contribution < 1.29 is 13.2 Å².